The first-order valence-corrected chi connectivity index (χ1v) is 5.41. The van der Waals surface area contributed by atoms with Crippen molar-refractivity contribution in [3.05, 3.63) is 45.5 Å². The van der Waals surface area contributed by atoms with Gasteiger partial charge in [0.1, 0.15) is 10.0 Å². The van der Waals surface area contributed by atoms with Gasteiger partial charge < -0.3 is 0 Å². The van der Waals surface area contributed by atoms with Crippen LogP contribution in [0.3, 0.4) is 0 Å². The van der Waals surface area contributed by atoms with Crippen molar-refractivity contribution >= 4 is 23.2 Å². The first kappa shape index (κ1) is 14.9. The van der Waals surface area contributed by atoms with E-state index in [2.05, 4.69) is 9.97 Å². The summed E-state index contributed by atoms with van der Waals surface area (Å²) >= 11 is 10.6. The van der Waals surface area contributed by atoms with Gasteiger partial charge in [0.25, 0.3) is 11.9 Å². The molecule has 0 saturated carbocycles. The highest BCUT2D eigenvalue weighted by Crippen LogP contribution is 2.39. The lowest BCUT2D eigenvalue weighted by atomic mass is 10.1. The maximum Gasteiger partial charge on any atom is 0.252 e. The molecule has 0 aliphatic heterocycles. The van der Waals surface area contributed by atoms with Gasteiger partial charge in [0, 0.05) is 0 Å². The van der Waals surface area contributed by atoms with Crippen LogP contribution in [-0.2, 0) is 0 Å². The van der Waals surface area contributed by atoms with Gasteiger partial charge in [-0.25, -0.2) is 8.78 Å². The van der Waals surface area contributed by atoms with Crippen molar-refractivity contribution < 1.29 is 26.3 Å². The Kier molecular flexibility index (Phi) is 3.79. The summed E-state index contributed by atoms with van der Waals surface area (Å²) in [5, 5.41) is -2.37. The number of hydrogen-bond acceptors (Lipinski definition) is 2. The van der Waals surface area contributed by atoms with Gasteiger partial charge in [-0.1, -0.05) is 23.2 Å². The zero-order chi connectivity index (χ0) is 15.2. The fraction of sp³-hybridized carbons (Fsp3) is 0. The Morgan fingerprint density at radius 3 is 1.15 bits per heavy atom. The van der Waals surface area contributed by atoms with Crippen molar-refractivity contribution in [1.82, 2.24) is 9.97 Å². The lowest BCUT2D eigenvalue weighted by Gasteiger charge is -2.10. The van der Waals surface area contributed by atoms with Crippen LogP contribution in [0.1, 0.15) is 0 Å². The SMILES string of the molecule is Fc1nc(F)c(Cl)c(-c2c(F)c(F)nc(F)c2Cl)c1F. The molecule has 0 aliphatic rings. The molecule has 2 heterocycles. The highest BCUT2D eigenvalue weighted by Gasteiger charge is 2.28. The molecule has 106 valence electrons. The normalized spacial score (nSPS) is 11.0. The van der Waals surface area contributed by atoms with E-state index in [0.29, 0.717) is 0 Å². The van der Waals surface area contributed by atoms with Crippen LogP contribution in [0.5, 0.6) is 0 Å². The predicted molar refractivity (Wildman–Crippen MR) is 57.2 cm³/mol. The predicted octanol–water partition coefficient (Wildman–Crippen LogP) is 4.29. The minimum absolute atomic E-state index is 1.19. The summed E-state index contributed by atoms with van der Waals surface area (Å²) in [6.45, 7) is 0. The maximum atomic E-state index is 13.6. The Balaban J connectivity index is 2.96. The number of rotatable bonds is 1. The third-order valence-electron chi connectivity index (χ3n) is 2.25. The van der Waals surface area contributed by atoms with Crippen LogP contribution in [-0.4, -0.2) is 9.97 Å². The molecule has 0 saturated heterocycles. The van der Waals surface area contributed by atoms with E-state index in [4.69, 9.17) is 23.2 Å². The molecular formula is C10Cl2F6N2. The molecule has 0 fully saturated rings. The van der Waals surface area contributed by atoms with E-state index in [9.17, 15) is 26.3 Å². The van der Waals surface area contributed by atoms with E-state index >= 15 is 0 Å². The molecule has 0 unspecified atom stereocenters. The van der Waals surface area contributed by atoms with Crippen LogP contribution in [0.15, 0.2) is 0 Å². The van der Waals surface area contributed by atoms with Crippen molar-refractivity contribution in [3.63, 3.8) is 0 Å². The van der Waals surface area contributed by atoms with Crippen molar-refractivity contribution in [2.75, 3.05) is 0 Å². The van der Waals surface area contributed by atoms with E-state index in [0.717, 1.165) is 0 Å². The topological polar surface area (TPSA) is 25.8 Å². The molecule has 0 bridgehead atoms. The van der Waals surface area contributed by atoms with Crippen LogP contribution < -0.4 is 0 Å². The number of aromatic nitrogens is 2. The second kappa shape index (κ2) is 5.10. The average molecular weight is 333 g/mol. The van der Waals surface area contributed by atoms with Gasteiger partial charge in [-0.3, -0.25) is 0 Å². The van der Waals surface area contributed by atoms with Crippen LogP contribution in [0, 0.1) is 35.4 Å². The summed E-state index contributed by atoms with van der Waals surface area (Å²) in [6.07, 6.45) is 0. The molecule has 10 heteroatoms. The van der Waals surface area contributed by atoms with Crippen LogP contribution >= 0.6 is 23.2 Å². The third-order valence-corrected chi connectivity index (χ3v) is 2.93. The Bertz CT molecular complexity index is 608. The van der Waals surface area contributed by atoms with Crippen molar-refractivity contribution in [2.24, 2.45) is 0 Å². The molecular weight excluding hydrogens is 333 g/mol. The summed E-state index contributed by atoms with van der Waals surface area (Å²) in [4.78, 5) is 4.91. The van der Waals surface area contributed by atoms with Gasteiger partial charge in [0.2, 0.25) is 11.9 Å². The van der Waals surface area contributed by atoms with E-state index in [1.54, 1.807) is 0 Å². The Morgan fingerprint density at radius 2 is 0.850 bits per heavy atom. The number of pyridine rings is 2. The van der Waals surface area contributed by atoms with E-state index in [1.165, 1.54) is 0 Å². The highest BCUT2D eigenvalue weighted by molar-refractivity contribution is 6.36. The summed E-state index contributed by atoms with van der Waals surface area (Å²) in [6, 6.07) is 0. The molecule has 0 amide bonds. The molecule has 2 aromatic heterocycles. The molecule has 0 aromatic carbocycles. The highest BCUT2D eigenvalue weighted by atomic mass is 35.5. The zero-order valence-electron chi connectivity index (χ0n) is 8.92. The summed E-state index contributed by atoms with van der Waals surface area (Å²) < 4.78 is 79.5. The molecule has 0 spiro atoms. The van der Waals surface area contributed by atoms with Crippen molar-refractivity contribution in [1.29, 1.82) is 0 Å². The van der Waals surface area contributed by atoms with Gasteiger partial charge in [0.15, 0.2) is 11.6 Å². The summed E-state index contributed by atoms with van der Waals surface area (Å²) in [5.74, 6) is -11.2. The summed E-state index contributed by atoms with van der Waals surface area (Å²) in [5.41, 5.74) is -2.58. The van der Waals surface area contributed by atoms with E-state index < -0.39 is 56.6 Å². The minimum atomic E-state index is -1.98. The van der Waals surface area contributed by atoms with Crippen LogP contribution in [0.25, 0.3) is 11.1 Å². The molecule has 2 aromatic rings. The number of nitrogens with zero attached hydrogens (tertiary/aromatic N) is 2. The molecule has 2 nitrogen and oxygen atoms in total. The van der Waals surface area contributed by atoms with Gasteiger partial charge in [-0.05, 0) is 0 Å². The monoisotopic (exact) mass is 332 g/mol. The quantitative estimate of drug-likeness (QED) is 0.575. The van der Waals surface area contributed by atoms with E-state index in [-0.39, 0.29) is 0 Å². The summed E-state index contributed by atoms with van der Waals surface area (Å²) in [7, 11) is 0. The fourth-order valence-electron chi connectivity index (χ4n) is 1.41. The fourth-order valence-corrected chi connectivity index (χ4v) is 1.85. The average Bonchev–Trinajstić information content (AvgIpc) is 2.38. The Labute approximate surface area is 117 Å². The Hall–Kier alpha value is -1.54. The van der Waals surface area contributed by atoms with Gasteiger partial charge in [-0.15, -0.1) is 0 Å². The first-order valence-electron chi connectivity index (χ1n) is 4.66. The van der Waals surface area contributed by atoms with Gasteiger partial charge in [0.05, 0.1) is 11.1 Å². The lowest BCUT2D eigenvalue weighted by molar-refractivity contribution is 0.441. The third kappa shape index (κ3) is 2.18. The van der Waals surface area contributed by atoms with Gasteiger partial charge in [-0.2, -0.15) is 27.5 Å². The smallest absolute Gasteiger partial charge is 0.201 e. The minimum Gasteiger partial charge on any atom is -0.201 e. The largest absolute Gasteiger partial charge is 0.252 e. The number of halogens is 8. The maximum absolute atomic E-state index is 13.6. The second-order valence-electron chi connectivity index (χ2n) is 3.39. The molecule has 0 aliphatic carbocycles. The zero-order valence-corrected chi connectivity index (χ0v) is 10.4. The van der Waals surface area contributed by atoms with Crippen LogP contribution in [0.4, 0.5) is 26.3 Å². The van der Waals surface area contributed by atoms with Gasteiger partial charge >= 0.3 is 0 Å². The molecule has 20 heavy (non-hydrogen) atoms. The van der Waals surface area contributed by atoms with Crippen LogP contribution in [0.2, 0.25) is 10.0 Å². The molecule has 0 radical (unpaired) electrons. The van der Waals surface area contributed by atoms with E-state index in [1.807, 2.05) is 0 Å². The number of hydrogen-bond donors (Lipinski definition) is 0. The first-order chi connectivity index (χ1) is 9.25. The second-order valence-corrected chi connectivity index (χ2v) is 4.15. The Morgan fingerprint density at radius 1 is 0.550 bits per heavy atom. The lowest BCUT2D eigenvalue weighted by Crippen LogP contribution is -2.05. The molecule has 2 rings (SSSR count). The van der Waals surface area contributed by atoms with Crippen molar-refractivity contribution in [2.45, 2.75) is 0 Å². The van der Waals surface area contributed by atoms with Crippen molar-refractivity contribution in [3.8, 4) is 11.1 Å². The standard InChI is InChI=1S/C10Cl2F6N2/c11-3-1(5(13)9(17)19-7(3)15)2-4(12)8(16)20-10(18)6(2)14. The molecule has 0 N–H and O–H groups in total. The molecule has 0 atom stereocenters.